The summed E-state index contributed by atoms with van der Waals surface area (Å²) in [6.45, 7) is 0.148. The lowest BCUT2D eigenvalue weighted by Gasteiger charge is -2.16. The van der Waals surface area contributed by atoms with Crippen LogP contribution in [0.1, 0.15) is 17.2 Å². The second kappa shape index (κ2) is 9.04. The van der Waals surface area contributed by atoms with Crippen LogP contribution in [0.3, 0.4) is 0 Å². The number of H-pyrrole nitrogens is 2. The number of rotatable bonds is 6. The Bertz CT molecular complexity index is 1410. The molecule has 2 aromatic carbocycles. The number of nitrogens with one attached hydrogen (secondary N) is 3. The second-order valence-electron chi connectivity index (χ2n) is 6.94. The average Bonchev–Trinajstić information content (AvgIpc) is 3.21. The number of aromatic amines is 2. The largest absolute Gasteiger partial charge is 0.496 e. The predicted octanol–water partition coefficient (Wildman–Crippen LogP) is 4.36. The summed E-state index contributed by atoms with van der Waals surface area (Å²) in [4.78, 5) is 22.8. The Morgan fingerprint density at radius 1 is 1.34 bits per heavy atom. The van der Waals surface area contributed by atoms with E-state index in [1.54, 1.807) is 37.4 Å². The molecule has 0 radical (unpaired) electrons. The van der Waals surface area contributed by atoms with E-state index in [1.807, 2.05) is 6.07 Å². The number of halogens is 2. The molecule has 0 fully saturated rings. The minimum absolute atomic E-state index is 0.148. The van der Waals surface area contributed by atoms with E-state index in [1.165, 1.54) is 12.3 Å². The number of pyridine rings is 1. The molecule has 10 heteroatoms. The van der Waals surface area contributed by atoms with E-state index in [2.05, 4.69) is 36.2 Å². The molecular formula is C22H17BrClN5O3. The zero-order valence-electron chi connectivity index (χ0n) is 16.7. The highest BCUT2D eigenvalue weighted by Gasteiger charge is 2.17. The number of nitriles is 1. The second-order valence-corrected chi connectivity index (χ2v) is 8.20. The van der Waals surface area contributed by atoms with Crippen LogP contribution in [-0.4, -0.2) is 33.7 Å². The van der Waals surface area contributed by atoms with Gasteiger partial charge in [0.25, 0.3) is 5.56 Å². The van der Waals surface area contributed by atoms with Gasteiger partial charge in [-0.25, -0.2) is 4.98 Å². The lowest BCUT2D eigenvalue weighted by molar-refractivity contribution is 0.191. The summed E-state index contributed by atoms with van der Waals surface area (Å²) in [5.41, 5.74) is 2.44. The van der Waals surface area contributed by atoms with Crippen molar-refractivity contribution in [1.82, 2.24) is 15.0 Å². The summed E-state index contributed by atoms with van der Waals surface area (Å²) in [5.74, 6) is 0.955. The topological polar surface area (TPSA) is 127 Å². The van der Waals surface area contributed by atoms with Gasteiger partial charge >= 0.3 is 0 Å². The van der Waals surface area contributed by atoms with Gasteiger partial charge in [-0.15, -0.1) is 0 Å². The van der Waals surface area contributed by atoms with Gasteiger partial charge < -0.3 is 25.1 Å². The number of hydrogen-bond acceptors (Lipinski definition) is 6. The van der Waals surface area contributed by atoms with Crippen LogP contribution in [0.2, 0.25) is 5.02 Å². The van der Waals surface area contributed by atoms with Crippen LogP contribution >= 0.6 is 27.5 Å². The first kappa shape index (κ1) is 21.9. The van der Waals surface area contributed by atoms with Crippen LogP contribution in [0, 0.1) is 11.3 Å². The lowest BCUT2D eigenvalue weighted by Crippen LogP contribution is -2.17. The number of aromatic nitrogens is 3. The molecular weight excluding hydrogens is 498 g/mol. The third-order valence-corrected chi connectivity index (χ3v) is 5.82. The fourth-order valence-corrected chi connectivity index (χ4v) is 4.15. The van der Waals surface area contributed by atoms with Gasteiger partial charge in [-0.1, -0.05) is 17.7 Å². The maximum absolute atomic E-state index is 12.6. The zero-order valence-corrected chi connectivity index (χ0v) is 19.1. The molecule has 162 valence electrons. The molecule has 0 spiro atoms. The fourth-order valence-electron chi connectivity index (χ4n) is 3.33. The Morgan fingerprint density at radius 2 is 2.16 bits per heavy atom. The molecule has 4 N–H and O–H groups in total. The van der Waals surface area contributed by atoms with Gasteiger partial charge in [-0.3, -0.25) is 4.79 Å². The average molecular weight is 515 g/mol. The molecule has 4 aromatic rings. The van der Waals surface area contributed by atoms with E-state index < -0.39 is 6.10 Å². The number of anilines is 1. The number of aliphatic hydroxyl groups excluding tert-OH is 1. The number of imidazole rings is 1. The molecule has 0 aliphatic carbocycles. The van der Waals surface area contributed by atoms with Crippen molar-refractivity contribution < 1.29 is 9.84 Å². The monoisotopic (exact) mass is 513 g/mol. The summed E-state index contributed by atoms with van der Waals surface area (Å²) in [5, 5.41) is 23.2. The predicted molar refractivity (Wildman–Crippen MR) is 126 cm³/mol. The Hall–Kier alpha value is -3.32. The van der Waals surface area contributed by atoms with Gasteiger partial charge in [0.2, 0.25) is 0 Å². The first-order valence-electron chi connectivity index (χ1n) is 9.48. The quantitative estimate of drug-likeness (QED) is 0.303. The Balaban J connectivity index is 1.65. The number of benzene rings is 2. The molecule has 0 saturated heterocycles. The van der Waals surface area contributed by atoms with E-state index in [9.17, 15) is 9.90 Å². The van der Waals surface area contributed by atoms with Gasteiger partial charge in [0.1, 0.15) is 22.7 Å². The van der Waals surface area contributed by atoms with Crippen molar-refractivity contribution in [2.24, 2.45) is 0 Å². The van der Waals surface area contributed by atoms with Crippen LogP contribution in [0.5, 0.6) is 5.75 Å². The number of ether oxygens (including phenoxy) is 1. The number of nitrogens with zero attached hydrogens (tertiary/aromatic N) is 2. The van der Waals surface area contributed by atoms with E-state index in [0.29, 0.717) is 44.4 Å². The van der Waals surface area contributed by atoms with Crippen molar-refractivity contribution in [2.75, 3.05) is 19.0 Å². The van der Waals surface area contributed by atoms with E-state index >= 15 is 0 Å². The summed E-state index contributed by atoms with van der Waals surface area (Å²) in [6, 6.07) is 12.2. The molecule has 0 amide bonds. The number of aliphatic hydroxyl groups is 1. The minimum Gasteiger partial charge on any atom is -0.496 e. The summed E-state index contributed by atoms with van der Waals surface area (Å²) < 4.78 is 5.94. The molecule has 0 saturated carbocycles. The van der Waals surface area contributed by atoms with Gasteiger partial charge in [0.05, 0.1) is 45.5 Å². The fraction of sp³-hybridized carbons (Fsp3) is 0.136. The molecule has 1 atom stereocenters. The van der Waals surface area contributed by atoms with Crippen LogP contribution in [0.25, 0.3) is 22.4 Å². The number of hydrogen-bond donors (Lipinski definition) is 4. The molecule has 2 aromatic heterocycles. The Kier molecular flexibility index (Phi) is 6.19. The normalized spacial score (nSPS) is 11.8. The van der Waals surface area contributed by atoms with Crippen LogP contribution in [0.15, 0.2) is 51.9 Å². The molecule has 32 heavy (non-hydrogen) atoms. The molecule has 8 nitrogen and oxygen atoms in total. The molecule has 0 aliphatic rings. The standard InChI is InChI=1S/C22H17BrClN5O3/c1-32-18-3-2-12(8-13(18)23)17(30)10-27-15-4-5-26-22(31)19(15)21-28-16-7-11(9-25)6-14(24)20(16)29-21/h2-8,17,30H,10H2,1H3,(H,28,29)(H2,26,27,31). The van der Waals surface area contributed by atoms with Crippen LogP contribution in [-0.2, 0) is 0 Å². The SMILES string of the molecule is COc1ccc(C(O)CNc2cc[nH]c(=O)c2-c2nc3c(Cl)cc(C#N)cc3[nH]2)cc1Br. The Labute approximate surface area is 196 Å². The van der Waals surface area contributed by atoms with Crippen molar-refractivity contribution >= 4 is 44.3 Å². The molecule has 0 bridgehead atoms. The van der Waals surface area contributed by atoms with Gasteiger partial charge in [-0.05, 0) is 51.8 Å². The highest BCUT2D eigenvalue weighted by Crippen LogP contribution is 2.30. The number of fused-ring (bicyclic) bond motifs is 1. The summed E-state index contributed by atoms with van der Waals surface area (Å²) in [7, 11) is 1.57. The van der Waals surface area contributed by atoms with E-state index in [-0.39, 0.29) is 17.7 Å². The molecule has 2 heterocycles. The van der Waals surface area contributed by atoms with E-state index in [4.69, 9.17) is 21.6 Å². The highest BCUT2D eigenvalue weighted by atomic mass is 79.9. The first-order valence-corrected chi connectivity index (χ1v) is 10.6. The summed E-state index contributed by atoms with van der Waals surface area (Å²) in [6.07, 6.45) is 0.668. The maximum atomic E-state index is 12.6. The van der Waals surface area contributed by atoms with Crippen molar-refractivity contribution in [3.8, 4) is 23.2 Å². The van der Waals surface area contributed by atoms with Crippen LogP contribution in [0.4, 0.5) is 5.69 Å². The molecule has 1 unspecified atom stereocenters. The lowest BCUT2D eigenvalue weighted by atomic mass is 10.1. The van der Waals surface area contributed by atoms with Crippen molar-refractivity contribution in [1.29, 1.82) is 5.26 Å². The number of methoxy groups -OCH3 is 1. The van der Waals surface area contributed by atoms with E-state index in [0.717, 1.165) is 4.47 Å². The van der Waals surface area contributed by atoms with Crippen molar-refractivity contribution in [3.05, 3.63) is 73.6 Å². The van der Waals surface area contributed by atoms with Crippen LogP contribution < -0.4 is 15.6 Å². The van der Waals surface area contributed by atoms with Crippen molar-refractivity contribution in [2.45, 2.75) is 6.10 Å². The minimum atomic E-state index is -0.840. The van der Waals surface area contributed by atoms with Gasteiger partial charge in [-0.2, -0.15) is 5.26 Å². The zero-order chi connectivity index (χ0) is 22.8. The van der Waals surface area contributed by atoms with Gasteiger partial charge in [0.15, 0.2) is 0 Å². The first-order chi connectivity index (χ1) is 15.4. The Morgan fingerprint density at radius 3 is 2.88 bits per heavy atom. The highest BCUT2D eigenvalue weighted by molar-refractivity contribution is 9.10. The smallest absolute Gasteiger partial charge is 0.261 e. The third-order valence-electron chi connectivity index (χ3n) is 4.91. The molecule has 0 aliphatic heterocycles. The third kappa shape index (κ3) is 4.21. The van der Waals surface area contributed by atoms with Crippen molar-refractivity contribution in [3.63, 3.8) is 0 Å². The maximum Gasteiger partial charge on any atom is 0.261 e. The summed E-state index contributed by atoms with van der Waals surface area (Å²) >= 11 is 9.66. The molecule has 4 rings (SSSR count). The van der Waals surface area contributed by atoms with Gasteiger partial charge in [0, 0.05) is 12.7 Å².